The molecule has 5 fully saturated rings. The van der Waals surface area contributed by atoms with Crippen molar-refractivity contribution >= 4 is 0 Å². The Kier molecular flexibility index (Phi) is 18.0. The van der Waals surface area contributed by atoms with Crippen LogP contribution >= 0.6 is 0 Å². The van der Waals surface area contributed by atoms with Gasteiger partial charge in [-0.2, -0.15) is 0 Å². The number of hydrogen-bond donors (Lipinski definition) is 12. The molecule has 5 aliphatic rings. The van der Waals surface area contributed by atoms with Crippen LogP contribution in [0, 0.1) is 45.8 Å². The summed E-state index contributed by atoms with van der Waals surface area (Å²) in [5.41, 5.74) is -23.3. The molecule has 0 saturated carbocycles. The number of methoxy groups -OCH3 is 1. The summed E-state index contributed by atoms with van der Waals surface area (Å²) in [5.74, 6) is -17.3. The number of hydrogen-bond acceptors (Lipinski definition) is 22. The molecule has 0 aromatic heterocycles. The summed E-state index contributed by atoms with van der Waals surface area (Å²) in [5, 5.41) is 145. The lowest BCUT2D eigenvalue weighted by Crippen LogP contribution is -2.79. The van der Waals surface area contributed by atoms with Crippen molar-refractivity contribution in [2.24, 2.45) is 45.8 Å². The largest absolute Gasteiger partial charge is 0.387 e. The molecule has 22 heteroatoms. The summed E-state index contributed by atoms with van der Waals surface area (Å²) in [6, 6.07) is 0. The van der Waals surface area contributed by atoms with E-state index in [0.717, 1.165) is 0 Å². The molecule has 5 aliphatic heterocycles. The van der Waals surface area contributed by atoms with Gasteiger partial charge in [-0.05, 0) is 104 Å². The first-order chi connectivity index (χ1) is 35.8. The Hall–Kier alpha value is -0.880. The Morgan fingerprint density at radius 3 is 0.914 bits per heavy atom. The zero-order chi connectivity index (χ0) is 63.3. The molecule has 81 heavy (non-hydrogen) atoms. The molecule has 22 nitrogen and oxygen atoms in total. The van der Waals surface area contributed by atoms with Gasteiger partial charge in [-0.1, -0.05) is 62.3 Å². The Labute approximate surface area is 482 Å². The first-order valence-electron chi connectivity index (χ1n) is 28.8. The molecule has 0 bridgehead atoms. The Balaban J connectivity index is 1.31. The highest BCUT2D eigenvalue weighted by Gasteiger charge is 2.74. The van der Waals surface area contributed by atoms with Crippen molar-refractivity contribution in [1.82, 2.24) is 0 Å². The maximum Gasteiger partial charge on any atom is 0.220 e. The van der Waals surface area contributed by atoms with Crippen molar-refractivity contribution in [2.75, 3.05) is 60.0 Å². The highest BCUT2D eigenvalue weighted by molar-refractivity contribution is 5.18. The van der Waals surface area contributed by atoms with Crippen molar-refractivity contribution < 1.29 is 109 Å². The van der Waals surface area contributed by atoms with Crippen LogP contribution in [-0.2, 0) is 47.4 Å². The van der Waals surface area contributed by atoms with Crippen molar-refractivity contribution in [3.05, 3.63) is 0 Å². The van der Waals surface area contributed by atoms with Gasteiger partial charge in [0.2, 0.25) is 5.79 Å². The molecule has 478 valence electrons. The molecular weight excluding hydrogens is 1060 g/mol. The zero-order valence-electron chi connectivity index (χ0n) is 53.7. The van der Waals surface area contributed by atoms with Crippen LogP contribution in [0.4, 0.5) is 0 Å². The van der Waals surface area contributed by atoms with Gasteiger partial charge in [0, 0.05) is 54.0 Å². The molecule has 12 N–H and O–H groups in total. The van der Waals surface area contributed by atoms with Gasteiger partial charge in [-0.15, -0.1) is 0 Å². The Morgan fingerprint density at radius 2 is 0.580 bits per heavy atom. The molecule has 5 saturated heterocycles. The minimum Gasteiger partial charge on any atom is -0.387 e. The molecule has 10 unspecified atom stereocenters. The van der Waals surface area contributed by atoms with E-state index < -0.39 is 155 Å². The van der Waals surface area contributed by atoms with E-state index in [-0.39, 0.29) is 46.1 Å². The average molecular weight is 1170 g/mol. The third kappa shape index (κ3) is 9.98. The monoisotopic (exact) mass is 1170 g/mol. The predicted octanol–water partition coefficient (Wildman–Crippen LogP) is 2.97. The lowest BCUT2D eigenvalue weighted by atomic mass is 9.58. The summed E-state index contributed by atoms with van der Waals surface area (Å²) in [4.78, 5) is 0. The fraction of sp³-hybridized carbons (Fsp3) is 1.00. The van der Waals surface area contributed by atoms with Gasteiger partial charge in [-0.25, -0.2) is 0 Å². The van der Waals surface area contributed by atoms with E-state index in [4.69, 9.17) is 47.4 Å². The second-order valence-corrected chi connectivity index (χ2v) is 29.3. The minimum absolute atomic E-state index is 0.0120. The van der Waals surface area contributed by atoms with Crippen molar-refractivity contribution in [1.29, 1.82) is 0 Å². The summed E-state index contributed by atoms with van der Waals surface area (Å²) >= 11 is 0. The van der Waals surface area contributed by atoms with E-state index in [1.54, 1.807) is 90.0 Å². The van der Waals surface area contributed by atoms with E-state index in [9.17, 15) is 61.3 Å². The molecule has 0 spiro atoms. The third-order valence-corrected chi connectivity index (χ3v) is 24.5. The lowest BCUT2D eigenvalue weighted by Gasteiger charge is -2.64. The van der Waals surface area contributed by atoms with E-state index in [1.165, 1.54) is 83.3 Å². The maximum atomic E-state index is 12.6. The van der Waals surface area contributed by atoms with Gasteiger partial charge in [0.05, 0.1) is 74.1 Å². The smallest absolute Gasteiger partial charge is 0.220 e. The molecule has 0 aromatic carbocycles. The lowest BCUT2D eigenvalue weighted by molar-refractivity contribution is -0.484. The fourth-order valence-electron chi connectivity index (χ4n) is 14.3. The van der Waals surface area contributed by atoms with Crippen LogP contribution in [0.1, 0.15) is 173 Å². The van der Waals surface area contributed by atoms with Crippen LogP contribution in [0.5, 0.6) is 0 Å². The molecule has 0 amide bonds. The van der Waals surface area contributed by atoms with Crippen LogP contribution in [-0.4, -0.2) is 218 Å². The van der Waals surface area contributed by atoms with Crippen LogP contribution in [0.25, 0.3) is 0 Å². The second-order valence-electron chi connectivity index (χ2n) is 29.3. The van der Waals surface area contributed by atoms with Gasteiger partial charge >= 0.3 is 0 Å². The molecule has 5 heterocycles. The van der Waals surface area contributed by atoms with Crippen LogP contribution < -0.4 is 0 Å². The van der Waals surface area contributed by atoms with Crippen molar-refractivity contribution in [3.63, 3.8) is 0 Å². The summed E-state index contributed by atoms with van der Waals surface area (Å²) < 4.78 is 62.2. The molecule has 0 aromatic rings. The topological polar surface area (TPSA) is 335 Å². The number of aliphatic hydroxyl groups is 12. The average Bonchev–Trinajstić information content (AvgIpc) is 3.31. The highest BCUT2D eigenvalue weighted by atomic mass is 16.8. The predicted molar refractivity (Wildman–Crippen MR) is 294 cm³/mol. The van der Waals surface area contributed by atoms with Crippen LogP contribution in [0.3, 0.4) is 0 Å². The highest BCUT2D eigenvalue weighted by Crippen LogP contribution is 2.61. The summed E-state index contributed by atoms with van der Waals surface area (Å²) in [6.07, 6.45) is 0.0120. The quantitative estimate of drug-likeness (QED) is 0.0939. The first-order valence-corrected chi connectivity index (χ1v) is 28.8. The molecule has 25 atom stereocenters. The van der Waals surface area contributed by atoms with Crippen LogP contribution in [0.15, 0.2) is 0 Å². The van der Waals surface area contributed by atoms with Crippen molar-refractivity contribution in [3.8, 4) is 0 Å². The molecular formula is C59H110O22. The van der Waals surface area contributed by atoms with Gasteiger partial charge in [0.15, 0.2) is 28.9 Å². The fourth-order valence-corrected chi connectivity index (χ4v) is 14.3. The SMILES string of the molecule is CCC1(O)O[C@](C)(COC[C@@]2(C)[C@H](C)C(C)(O)[C@@](C)(COC[C@@]3(C)[C@H](C)C(C)(O)[C@@](C)(OCC4(O)O[C@](C)(COC[C@@]5(C)[C@H](C)C(C)(O)[C@@](C)(COC)OC5(C)O)C(C)(O)[C@@H](C)[C@]4(C)O)OC3(C)O)OC2(C)O)C(C)(O)[C@@H](C)[C@]1(C)O. The van der Waals surface area contributed by atoms with Gasteiger partial charge < -0.3 is 109 Å². The number of ether oxygens (including phenoxy) is 10. The van der Waals surface area contributed by atoms with E-state index >= 15 is 0 Å². The molecule has 5 rings (SSSR count). The normalized spacial score (nSPS) is 59.0. The van der Waals surface area contributed by atoms with E-state index in [0.29, 0.717) is 0 Å². The van der Waals surface area contributed by atoms with Crippen LogP contribution in [0.2, 0.25) is 0 Å². The van der Waals surface area contributed by atoms with E-state index in [1.807, 2.05) is 0 Å². The zero-order valence-corrected chi connectivity index (χ0v) is 53.7. The summed E-state index contributed by atoms with van der Waals surface area (Å²) in [7, 11) is 1.47. The van der Waals surface area contributed by atoms with Gasteiger partial charge in [0.25, 0.3) is 0 Å². The van der Waals surface area contributed by atoms with E-state index in [2.05, 4.69) is 0 Å². The third-order valence-electron chi connectivity index (χ3n) is 24.5. The van der Waals surface area contributed by atoms with Gasteiger partial charge in [0.1, 0.15) is 45.8 Å². The first kappa shape index (κ1) is 70.9. The second kappa shape index (κ2) is 20.6. The standard InChI is InChI=1S/C59H110O22/c1-26-58(70)52(19,65)38(5)49(16,62)45(12,79-58)32-74-28-41(8)36(3)48(15,61)44(11,78-55(41,22)68)31-73-29-42(9)37(4)51(18,64)57(24,81-56(42,23)69)76-34-59(71)53(20,66)39(6)50(17,63)46(13,80-59)33-75-27-40(7)35(2)47(14,60)43(10,30-72-25)77-54(40,21)67/h35-39,60-71H,26-34H2,1-25H3/t35-,36-,37-,38+,39+,40-,41-,42-,43+,44+,45+,46+,47?,48?,49?,50?,51?,52-,53-,54?,55?,56?,57-,58?,59?/m0/s1. The molecule has 0 radical (unpaired) electrons. The van der Waals surface area contributed by atoms with Gasteiger partial charge in [-0.3, -0.25) is 0 Å². The Morgan fingerprint density at radius 1 is 0.309 bits per heavy atom. The maximum absolute atomic E-state index is 12.6. The molecule has 0 aliphatic carbocycles. The Bertz CT molecular complexity index is 2270. The minimum atomic E-state index is -2.66. The number of rotatable bonds is 18. The van der Waals surface area contributed by atoms with Crippen molar-refractivity contribution in [2.45, 2.75) is 269 Å². The summed E-state index contributed by atoms with van der Waals surface area (Å²) in [6.45, 7) is 34.4.